The Morgan fingerprint density at radius 1 is 1.47 bits per heavy atom. The summed E-state index contributed by atoms with van der Waals surface area (Å²) in [4.78, 5) is 0. The second kappa shape index (κ2) is 4.37. The van der Waals surface area contributed by atoms with Crippen LogP contribution in [0.5, 0.6) is 0 Å². The van der Waals surface area contributed by atoms with E-state index in [4.69, 9.17) is 0 Å². The standard InChI is InChI=1S/C9H19N3O2S/c1-2-11-15(13,14)12-5-3-4-8-6-10-7-9(8)12/h8-11H,2-7H2,1H3. The lowest BCUT2D eigenvalue weighted by molar-refractivity contribution is 0.215. The Balaban J connectivity index is 2.14. The lowest BCUT2D eigenvalue weighted by atomic mass is 9.94. The first-order valence-corrected chi connectivity index (χ1v) is 7.06. The molecule has 2 rings (SSSR count). The van der Waals surface area contributed by atoms with Crippen LogP contribution in [0.25, 0.3) is 0 Å². The summed E-state index contributed by atoms with van der Waals surface area (Å²) in [6, 6.07) is 0.169. The van der Waals surface area contributed by atoms with Crippen molar-refractivity contribution in [3.05, 3.63) is 0 Å². The zero-order valence-corrected chi connectivity index (χ0v) is 9.89. The summed E-state index contributed by atoms with van der Waals surface area (Å²) in [6.07, 6.45) is 2.13. The molecule has 0 radical (unpaired) electrons. The Hall–Kier alpha value is -0.170. The monoisotopic (exact) mass is 233 g/mol. The van der Waals surface area contributed by atoms with Gasteiger partial charge in [-0.05, 0) is 25.3 Å². The number of rotatable bonds is 3. The van der Waals surface area contributed by atoms with Crippen LogP contribution in [0, 0.1) is 5.92 Å². The molecule has 2 aliphatic rings. The maximum Gasteiger partial charge on any atom is 0.279 e. The number of nitrogens with one attached hydrogen (secondary N) is 2. The van der Waals surface area contributed by atoms with E-state index in [2.05, 4.69) is 10.0 Å². The molecule has 0 spiro atoms. The molecule has 2 saturated heterocycles. The van der Waals surface area contributed by atoms with Gasteiger partial charge >= 0.3 is 0 Å². The zero-order valence-electron chi connectivity index (χ0n) is 9.07. The normalized spacial score (nSPS) is 32.9. The summed E-state index contributed by atoms with van der Waals surface area (Å²) in [5, 5.41) is 3.27. The molecule has 0 saturated carbocycles. The van der Waals surface area contributed by atoms with Crippen molar-refractivity contribution in [1.29, 1.82) is 0 Å². The highest BCUT2D eigenvalue weighted by atomic mass is 32.2. The van der Waals surface area contributed by atoms with E-state index in [1.165, 1.54) is 0 Å². The maximum absolute atomic E-state index is 11.9. The molecule has 0 aliphatic carbocycles. The van der Waals surface area contributed by atoms with Crippen molar-refractivity contribution in [3.8, 4) is 0 Å². The van der Waals surface area contributed by atoms with Gasteiger partial charge in [0.25, 0.3) is 10.2 Å². The highest BCUT2D eigenvalue weighted by Crippen LogP contribution is 2.27. The lowest BCUT2D eigenvalue weighted by Crippen LogP contribution is -2.52. The topological polar surface area (TPSA) is 61.4 Å². The van der Waals surface area contributed by atoms with Gasteiger partial charge in [-0.2, -0.15) is 12.7 Å². The van der Waals surface area contributed by atoms with Crippen molar-refractivity contribution < 1.29 is 8.42 Å². The minimum absolute atomic E-state index is 0.169. The minimum Gasteiger partial charge on any atom is -0.315 e. The molecule has 2 N–H and O–H groups in total. The highest BCUT2D eigenvalue weighted by molar-refractivity contribution is 7.87. The van der Waals surface area contributed by atoms with Crippen LogP contribution >= 0.6 is 0 Å². The molecule has 0 bridgehead atoms. The minimum atomic E-state index is -3.24. The predicted octanol–water partition coefficient (Wildman–Crippen LogP) is -0.475. The number of nitrogens with zero attached hydrogens (tertiary/aromatic N) is 1. The quantitative estimate of drug-likeness (QED) is 0.692. The molecule has 15 heavy (non-hydrogen) atoms. The Labute approximate surface area is 91.4 Å². The average molecular weight is 233 g/mol. The van der Waals surface area contributed by atoms with E-state index < -0.39 is 10.2 Å². The molecule has 2 fully saturated rings. The van der Waals surface area contributed by atoms with Crippen molar-refractivity contribution in [2.24, 2.45) is 5.92 Å². The fourth-order valence-electron chi connectivity index (χ4n) is 2.59. The molecule has 5 nitrogen and oxygen atoms in total. The van der Waals surface area contributed by atoms with Gasteiger partial charge < -0.3 is 5.32 Å². The van der Waals surface area contributed by atoms with Crippen LogP contribution in [0.4, 0.5) is 0 Å². The van der Waals surface area contributed by atoms with E-state index in [1.54, 1.807) is 4.31 Å². The smallest absolute Gasteiger partial charge is 0.279 e. The molecule has 2 heterocycles. The fraction of sp³-hybridized carbons (Fsp3) is 1.00. The van der Waals surface area contributed by atoms with Gasteiger partial charge in [0, 0.05) is 25.7 Å². The summed E-state index contributed by atoms with van der Waals surface area (Å²) < 4.78 is 28.0. The largest absolute Gasteiger partial charge is 0.315 e. The first-order chi connectivity index (χ1) is 7.15. The summed E-state index contributed by atoms with van der Waals surface area (Å²) in [7, 11) is -3.24. The van der Waals surface area contributed by atoms with E-state index >= 15 is 0 Å². The molecule has 2 unspecified atom stereocenters. The number of hydrogen-bond acceptors (Lipinski definition) is 3. The molecule has 0 aromatic carbocycles. The Morgan fingerprint density at radius 3 is 3.00 bits per heavy atom. The fourth-order valence-corrected chi connectivity index (χ4v) is 4.09. The summed E-state index contributed by atoms with van der Waals surface area (Å²) in [6.45, 7) is 4.70. The summed E-state index contributed by atoms with van der Waals surface area (Å²) >= 11 is 0. The summed E-state index contributed by atoms with van der Waals surface area (Å²) in [5.41, 5.74) is 0. The second-order valence-electron chi connectivity index (χ2n) is 4.24. The number of hydrogen-bond donors (Lipinski definition) is 2. The van der Waals surface area contributed by atoms with Crippen LogP contribution < -0.4 is 10.0 Å². The Bertz CT molecular complexity index is 317. The van der Waals surface area contributed by atoms with Crippen LogP contribution in [-0.2, 0) is 10.2 Å². The molecule has 88 valence electrons. The van der Waals surface area contributed by atoms with Gasteiger partial charge in [-0.25, -0.2) is 4.72 Å². The van der Waals surface area contributed by atoms with Gasteiger partial charge in [-0.15, -0.1) is 0 Å². The van der Waals surface area contributed by atoms with E-state index in [9.17, 15) is 8.42 Å². The van der Waals surface area contributed by atoms with Crippen LogP contribution in [0.1, 0.15) is 19.8 Å². The maximum atomic E-state index is 11.9. The van der Waals surface area contributed by atoms with Gasteiger partial charge in [0.15, 0.2) is 0 Å². The SMILES string of the molecule is CCNS(=O)(=O)N1CCCC2CNCC21. The lowest BCUT2D eigenvalue weighted by Gasteiger charge is -2.35. The average Bonchev–Trinajstić information content (AvgIpc) is 2.64. The van der Waals surface area contributed by atoms with Crippen LogP contribution in [0.15, 0.2) is 0 Å². The first kappa shape index (κ1) is 11.3. The van der Waals surface area contributed by atoms with E-state index in [0.717, 1.165) is 25.9 Å². The second-order valence-corrected chi connectivity index (χ2v) is 5.95. The first-order valence-electron chi connectivity index (χ1n) is 5.62. The molecule has 0 amide bonds. The Kier molecular flexibility index (Phi) is 3.30. The van der Waals surface area contributed by atoms with Gasteiger partial charge in [-0.1, -0.05) is 6.92 Å². The third kappa shape index (κ3) is 2.18. The highest BCUT2D eigenvalue weighted by Gasteiger charge is 2.40. The van der Waals surface area contributed by atoms with Crippen LogP contribution in [0.3, 0.4) is 0 Å². The third-order valence-electron chi connectivity index (χ3n) is 3.26. The number of fused-ring (bicyclic) bond motifs is 1. The van der Waals surface area contributed by atoms with Crippen molar-refractivity contribution in [2.75, 3.05) is 26.2 Å². The number of piperidine rings is 1. The molecule has 2 atom stereocenters. The van der Waals surface area contributed by atoms with Gasteiger partial charge in [0.05, 0.1) is 0 Å². The van der Waals surface area contributed by atoms with E-state index in [0.29, 0.717) is 19.0 Å². The zero-order chi connectivity index (χ0) is 10.9. The van der Waals surface area contributed by atoms with Crippen LogP contribution in [-0.4, -0.2) is 44.9 Å². The predicted molar refractivity (Wildman–Crippen MR) is 58.7 cm³/mol. The van der Waals surface area contributed by atoms with E-state index in [-0.39, 0.29) is 6.04 Å². The van der Waals surface area contributed by atoms with Gasteiger partial charge in [0.2, 0.25) is 0 Å². The molecular formula is C9H19N3O2S. The summed E-state index contributed by atoms with van der Waals surface area (Å²) in [5.74, 6) is 0.507. The molecule has 0 aromatic rings. The van der Waals surface area contributed by atoms with Crippen LogP contribution in [0.2, 0.25) is 0 Å². The Morgan fingerprint density at radius 2 is 2.27 bits per heavy atom. The van der Waals surface area contributed by atoms with Crippen molar-refractivity contribution in [1.82, 2.24) is 14.3 Å². The van der Waals surface area contributed by atoms with Crippen molar-refractivity contribution in [3.63, 3.8) is 0 Å². The molecule has 0 aromatic heterocycles. The van der Waals surface area contributed by atoms with Gasteiger partial charge in [0.1, 0.15) is 0 Å². The van der Waals surface area contributed by atoms with E-state index in [1.807, 2.05) is 6.92 Å². The van der Waals surface area contributed by atoms with Crippen molar-refractivity contribution in [2.45, 2.75) is 25.8 Å². The van der Waals surface area contributed by atoms with Gasteiger partial charge in [-0.3, -0.25) is 0 Å². The molecule has 2 aliphatic heterocycles. The van der Waals surface area contributed by atoms with Crippen molar-refractivity contribution >= 4 is 10.2 Å². The molecular weight excluding hydrogens is 214 g/mol. The molecule has 6 heteroatoms. The third-order valence-corrected chi connectivity index (χ3v) is 4.99.